The van der Waals surface area contributed by atoms with Gasteiger partial charge in [0.15, 0.2) is 0 Å². The number of allylic oxidation sites excluding steroid dienone is 1. The summed E-state index contributed by atoms with van der Waals surface area (Å²) in [5, 5.41) is 26.2. The first kappa shape index (κ1) is 21.6. The van der Waals surface area contributed by atoms with Crippen LogP contribution in [-0.2, 0) is 20.9 Å². The molecular weight excluding hydrogens is 432 g/mol. The topological polar surface area (TPSA) is 151 Å². The van der Waals surface area contributed by atoms with Crippen LogP contribution in [0.25, 0.3) is 0 Å². The minimum atomic E-state index is -1.06. The zero-order chi connectivity index (χ0) is 23.5. The van der Waals surface area contributed by atoms with Crippen molar-refractivity contribution >= 4 is 23.6 Å². The van der Waals surface area contributed by atoms with Gasteiger partial charge in [0, 0.05) is 11.8 Å². The smallest absolute Gasteiger partial charge is 0.338 e. The van der Waals surface area contributed by atoms with Gasteiger partial charge in [0.2, 0.25) is 5.95 Å². The van der Waals surface area contributed by atoms with Gasteiger partial charge in [0.05, 0.1) is 28.7 Å². The number of tetrazole rings is 1. The summed E-state index contributed by atoms with van der Waals surface area (Å²) in [4.78, 5) is 36.3. The Bertz CT molecular complexity index is 1270. The minimum Gasteiger partial charge on any atom is -0.465 e. The van der Waals surface area contributed by atoms with Crippen LogP contribution in [0, 0.1) is 10.1 Å². The fourth-order valence-electron chi connectivity index (χ4n) is 3.54. The number of carbonyl (C=O) groups excluding carboxylic acids is 2. The summed E-state index contributed by atoms with van der Waals surface area (Å²) < 4.78 is 11.4. The van der Waals surface area contributed by atoms with E-state index in [1.807, 2.05) is 18.2 Å². The summed E-state index contributed by atoms with van der Waals surface area (Å²) >= 11 is 0. The van der Waals surface area contributed by atoms with Crippen molar-refractivity contribution in [1.82, 2.24) is 20.2 Å². The largest absolute Gasteiger partial charge is 0.465 e. The van der Waals surface area contributed by atoms with Crippen LogP contribution in [-0.4, -0.2) is 44.2 Å². The number of aromatic nitrogens is 4. The number of nitro groups is 1. The molecule has 0 radical (unpaired) electrons. The maximum atomic E-state index is 13.2. The van der Waals surface area contributed by atoms with Crippen LogP contribution in [0.3, 0.4) is 0 Å². The zero-order valence-electron chi connectivity index (χ0n) is 17.6. The molecule has 1 aliphatic heterocycles. The lowest BCUT2D eigenvalue weighted by Gasteiger charge is -2.27. The van der Waals surface area contributed by atoms with Gasteiger partial charge in [-0.25, -0.2) is 9.59 Å². The van der Waals surface area contributed by atoms with Crippen LogP contribution in [0.1, 0.15) is 34.5 Å². The molecule has 1 atom stereocenters. The highest BCUT2D eigenvalue weighted by atomic mass is 16.6. The molecule has 0 unspecified atom stereocenters. The van der Waals surface area contributed by atoms with Gasteiger partial charge in [-0.15, -0.1) is 0 Å². The van der Waals surface area contributed by atoms with Gasteiger partial charge in [0.1, 0.15) is 12.6 Å². The molecule has 0 saturated heterocycles. The number of carbonyl (C=O) groups is 2. The number of ether oxygens (including phenoxy) is 2. The van der Waals surface area contributed by atoms with Gasteiger partial charge in [-0.1, -0.05) is 35.4 Å². The minimum absolute atomic E-state index is 0.00673. The predicted molar refractivity (Wildman–Crippen MR) is 113 cm³/mol. The molecule has 1 aliphatic rings. The van der Waals surface area contributed by atoms with Gasteiger partial charge in [-0.2, -0.15) is 4.68 Å². The highest BCUT2D eigenvalue weighted by molar-refractivity contribution is 5.93. The predicted octanol–water partition coefficient (Wildman–Crippen LogP) is 2.40. The number of fused-ring (bicyclic) bond motifs is 1. The number of esters is 2. The summed E-state index contributed by atoms with van der Waals surface area (Å²) in [6, 6.07) is 11.9. The van der Waals surface area contributed by atoms with Crippen molar-refractivity contribution in [3.05, 3.63) is 86.6 Å². The molecule has 12 heteroatoms. The number of nitro benzene ring substituents is 1. The second-order valence-corrected chi connectivity index (χ2v) is 7.10. The number of anilines is 1. The molecule has 1 aromatic heterocycles. The molecule has 0 bridgehead atoms. The van der Waals surface area contributed by atoms with Gasteiger partial charge in [0.25, 0.3) is 5.69 Å². The maximum absolute atomic E-state index is 13.2. The summed E-state index contributed by atoms with van der Waals surface area (Å²) in [6.07, 6.45) is 0. The Hall–Kier alpha value is -4.61. The number of rotatable bonds is 6. The van der Waals surface area contributed by atoms with E-state index in [0.29, 0.717) is 5.70 Å². The van der Waals surface area contributed by atoms with Crippen LogP contribution in [0.15, 0.2) is 59.8 Å². The Labute approximate surface area is 187 Å². The molecular formula is C21H18N6O6. The number of methoxy groups -OCH3 is 1. The maximum Gasteiger partial charge on any atom is 0.338 e. The Morgan fingerprint density at radius 2 is 1.94 bits per heavy atom. The summed E-state index contributed by atoms with van der Waals surface area (Å²) in [7, 11) is 1.18. The second kappa shape index (κ2) is 8.86. The zero-order valence-corrected chi connectivity index (χ0v) is 17.6. The van der Waals surface area contributed by atoms with E-state index in [1.54, 1.807) is 19.1 Å². The number of nitrogens with one attached hydrogen (secondary N) is 1. The van der Waals surface area contributed by atoms with Gasteiger partial charge >= 0.3 is 11.9 Å². The van der Waals surface area contributed by atoms with Crippen LogP contribution in [0.4, 0.5) is 11.6 Å². The molecule has 0 saturated carbocycles. The van der Waals surface area contributed by atoms with Crippen molar-refractivity contribution in [2.24, 2.45) is 0 Å². The van der Waals surface area contributed by atoms with Crippen molar-refractivity contribution in [3.8, 4) is 0 Å². The number of hydrogen-bond acceptors (Lipinski definition) is 10. The number of nitrogens with zero attached hydrogens (tertiary/aromatic N) is 5. The van der Waals surface area contributed by atoms with Crippen molar-refractivity contribution < 1.29 is 24.0 Å². The first-order valence-corrected chi connectivity index (χ1v) is 9.74. The lowest BCUT2D eigenvalue weighted by molar-refractivity contribution is -0.385. The van der Waals surface area contributed by atoms with Crippen LogP contribution in [0.2, 0.25) is 0 Å². The van der Waals surface area contributed by atoms with Gasteiger partial charge in [-0.3, -0.25) is 10.1 Å². The molecule has 0 fully saturated rings. The van der Waals surface area contributed by atoms with E-state index in [0.717, 1.165) is 11.6 Å². The fourth-order valence-corrected chi connectivity index (χ4v) is 3.54. The van der Waals surface area contributed by atoms with E-state index in [2.05, 4.69) is 25.6 Å². The van der Waals surface area contributed by atoms with E-state index < -0.39 is 28.6 Å². The van der Waals surface area contributed by atoms with Crippen molar-refractivity contribution in [1.29, 1.82) is 0 Å². The first-order chi connectivity index (χ1) is 15.9. The Balaban J connectivity index is 1.78. The Kier molecular flexibility index (Phi) is 5.81. The SMILES string of the molecule is COC(=O)c1ccc([C@@H]2C(C(=O)OCc3ccccc3)=C(C)Nc3nnnn32)c([N+](=O)[O-])c1. The molecule has 1 N–H and O–H groups in total. The van der Waals surface area contributed by atoms with Crippen molar-refractivity contribution in [2.45, 2.75) is 19.6 Å². The summed E-state index contributed by atoms with van der Waals surface area (Å²) in [6.45, 7) is 1.63. The summed E-state index contributed by atoms with van der Waals surface area (Å²) in [5.74, 6) is -1.22. The quantitative estimate of drug-likeness (QED) is 0.337. The third-order valence-electron chi connectivity index (χ3n) is 5.09. The molecule has 2 heterocycles. The normalized spacial score (nSPS) is 14.8. The molecule has 0 spiro atoms. The molecule has 4 rings (SSSR count). The Morgan fingerprint density at radius 3 is 2.64 bits per heavy atom. The third-order valence-corrected chi connectivity index (χ3v) is 5.09. The molecule has 0 amide bonds. The van der Waals surface area contributed by atoms with E-state index in [1.165, 1.54) is 23.9 Å². The molecule has 2 aromatic carbocycles. The number of hydrogen-bond donors (Lipinski definition) is 1. The number of benzene rings is 2. The molecule has 0 aliphatic carbocycles. The van der Waals surface area contributed by atoms with E-state index in [4.69, 9.17) is 4.74 Å². The highest BCUT2D eigenvalue weighted by Crippen LogP contribution is 2.39. The average Bonchev–Trinajstić information content (AvgIpc) is 3.29. The summed E-state index contributed by atoms with van der Waals surface area (Å²) in [5.41, 5.74) is 0.959. The lowest BCUT2D eigenvalue weighted by atomic mass is 9.93. The Morgan fingerprint density at radius 1 is 1.18 bits per heavy atom. The first-order valence-electron chi connectivity index (χ1n) is 9.74. The second-order valence-electron chi connectivity index (χ2n) is 7.10. The van der Waals surface area contributed by atoms with Crippen molar-refractivity contribution in [2.75, 3.05) is 12.4 Å². The van der Waals surface area contributed by atoms with Crippen LogP contribution < -0.4 is 5.32 Å². The van der Waals surface area contributed by atoms with Crippen LogP contribution >= 0.6 is 0 Å². The average molecular weight is 450 g/mol. The third kappa shape index (κ3) is 4.13. The van der Waals surface area contributed by atoms with Crippen LogP contribution in [0.5, 0.6) is 0 Å². The highest BCUT2D eigenvalue weighted by Gasteiger charge is 2.38. The van der Waals surface area contributed by atoms with Gasteiger partial charge < -0.3 is 14.8 Å². The molecule has 33 heavy (non-hydrogen) atoms. The molecule has 12 nitrogen and oxygen atoms in total. The standard InChI is InChI=1S/C21H18N6O6/c1-12-17(20(29)33-11-13-6-4-3-5-7-13)18(26-21(22-12)23-24-25-26)15-9-8-14(19(28)32-2)10-16(15)27(30)31/h3-10,18H,11H2,1-2H3,(H,22,23,25)/t18-/m1/s1. The van der Waals surface area contributed by atoms with Gasteiger partial charge in [-0.05, 0) is 35.0 Å². The fraction of sp³-hybridized carbons (Fsp3) is 0.190. The van der Waals surface area contributed by atoms with E-state index in [9.17, 15) is 19.7 Å². The monoisotopic (exact) mass is 450 g/mol. The molecule has 3 aromatic rings. The molecule has 168 valence electrons. The lowest BCUT2D eigenvalue weighted by Crippen LogP contribution is -2.30. The van der Waals surface area contributed by atoms with Crippen molar-refractivity contribution in [3.63, 3.8) is 0 Å². The van der Waals surface area contributed by atoms with E-state index in [-0.39, 0.29) is 29.3 Å². The van der Waals surface area contributed by atoms with E-state index >= 15 is 0 Å².